The van der Waals surface area contributed by atoms with Crippen molar-refractivity contribution in [3.63, 3.8) is 0 Å². The molecule has 0 amide bonds. The van der Waals surface area contributed by atoms with Crippen molar-refractivity contribution >= 4 is 11.5 Å². The summed E-state index contributed by atoms with van der Waals surface area (Å²) in [6, 6.07) is 9.24. The Morgan fingerprint density at radius 2 is 1.94 bits per heavy atom. The predicted molar refractivity (Wildman–Crippen MR) is 65.4 cm³/mol. The van der Waals surface area contributed by atoms with Gasteiger partial charge in [-0.05, 0) is 17.7 Å². The van der Waals surface area contributed by atoms with Crippen molar-refractivity contribution in [2.24, 2.45) is 0 Å². The lowest BCUT2D eigenvalue weighted by Gasteiger charge is -2.01. The van der Waals surface area contributed by atoms with Gasteiger partial charge in [0.2, 0.25) is 0 Å². The number of benzene rings is 1. The number of pyridine rings is 1. The zero-order valence-corrected chi connectivity index (χ0v) is 9.45. The van der Waals surface area contributed by atoms with E-state index in [4.69, 9.17) is 0 Å². The molecule has 0 aliphatic rings. The molecule has 0 unspecified atom stereocenters. The molecule has 1 aromatic heterocycles. The number of hydrogen-bond acceptors (Lipinski definition) is 4. The van der Waals surface area contributed by atoms with Crippen molar-refractivity contribution in [2.75, 3.05) is 0 Å². The molecule has 1 heterocycles. The molecule has 5 nitrogen and oxygen atoms in total. The average molecular weight is 242 g/mol. The molecule has 2 aromatic rings. The number of nitrogens with zero attached hydrogens (tertiary/aromatic N) is 2. The Bertz CT molecular complexity index is 582. The van der Waals surface area contributed by atoms with Crippen LogP contribution in [0.3, 0.4) is 0 Å². The van der Waals surface area contributed by atoms with Gasteiger partial charge in [-0.25, -0.2) is 0 Å². The summed E-state index contributed by atoms with van der Waals surface area (Å²) < 4.78 is 0. The lowest BCUT2D eigenvalue weighted by molar-refractivity contribution is -0.384. The maximum absolute atomic E-state index is 11.9. The van der Waals surface area contributed by atoms with Crippen LogP contribution in [-0.4, -0.2) is 15.7 Å². The summed E-state index contributed by atoms with van der Waals surface area (Å²) in [6.45, 7) is 0. The van der Waals surface area contributed by atoms with Crippen LogP contribution >= 0.6 is 0 Å². The first-order valence-electron chi connectivity index (χ1n) is 5.33. The van der Waals surface area contributed by atoms with Crippen molar-refractivity contribution in [1.82, 2.24) is 4.98 Å². The highest BCUT2D eigenvalue weighted by Crippen LogP contribution is 2.15. The van der Waals surface area contributed by atoms with E-state index in [0.29, 0.717) is 5.56 Å². The van der Waals surface area contributed by atoms with E-state index in [0.717, 1.165) is 5.56 Å². The highest BCUT2D eigenvalue weighted by atomic mass is 16.6. The monoisotopic (exact) mass is 242 g/mol. The van der Waals surface area contributed by atoms with E-state index < -0.39 is 4.92 Å². The minimum atomic E-state index is -0.511. The Kier molecular flexibility index (Phi) is 3.43. The fourth-order valence-electron chi connectivity index (χ4n) is 1.58. The van der Waals surface area contributed by atoms with E-state index in [1.54, 1.807) is 30.6 Å². The number of carbonyl (C=O) groups excluding carboxylic acids is 1. The van der Waals surface area contributed by atoms with Crippen LogP contribution in [0.1, 0.15) is 15.9 Å². The van der Waals surface area contributed by atoms with Crippen molar-refractivity contribution in [1.29, 1.82) is 0 Å². The smallest absolute Gasteiger partial charge is 0.270 e. The number of non-ortho nitro benzene ring substituents is 1. The topological polar surface area (TPSA) is 73.1 Å². The number of nitro benzene ring substituents is 1. The number of ketones is 1. The molecule has 1 aromatic carbocycles. The van der Waals surface area contributed by atoms with Crippen LogP contribution in [0.15, 0.2) is 48.8 Å². The summed E-state index contributed by atoms with van der Waals surface area (Å²) in [5, 5.41) is 10.6. The van der Waals surface area contributed by atoms with Crippen molar-refractivity contribution < 1.29 is 9.72 Å². The summed E-state index contributed by atoms with van der Waals surface area (Å²) in [7, 11) is 0. The van der Waals surface area contributed by atoms with Gasteiger partial charge in [0, 0.05) is 36.5 Å². The van der Waals surface area contributed by atoms with E-state index in [2.05, 4.69) is 4.98 Å². The molecule has 0 N–H and O–H groups in total. The number of aromatic nitrogens is 1. The molecular formula is C13H10N2O3. The quantitative estimate of drug-likeness (QED) is 0.469. The molecule has 0 atom stereocenters. The Morgan fingerprint density at radius 1 is 1.22 bits per heavy atom. The van der Waals surface area contributed by atoms with Crippen LogP contribution in [0.25, 0.3) is 0 Å². The fourth-order valence-corrected chi connectivity index (χ4v) is 1.58. The highest BCUT2D eigenvalue weighted by Gasteiger charge is 2.11. The molecule has 18 heavy (non-hydrogen) atoms. The lowest BCUT2D eigenvalue weighted by Crippen LogP contribution is -2.04. The summed E-state index contributed by atoms with van der Waals surface area (Å²) >= 11 is 0. The van der Waals surface area contributed by atoms with E-state index in [1.165, 1.54) is 18.2 Å². The van der Waals surface area contributed by atoms with E-state index in [1.807, 2.05) is 0 Å². The number of nitro groups is 1. The maximum atomic E-state index is 11.9. The second-order valence-electron chi connectivity index (χ2n) is 3.76. The second-order valence-corrected chi connectivity index (χ2v) is 3.76. The van der Waals surface area contributed by atoms with Gasteiger partial charge < -0.3 is 0 Å². The van der Waals surface area contributed by atoms with Gasteiger partial charge in [-0.15, -0.1) is 0 Å². The summed E-state index contributed by atoms with van der Waals surface area (Å²) in [4.78, 5) is 25.9. The predicted octanol–water partition coefficient (Wildman–Crippen LogP) is 2.42. The number of hydrogen-bond donors (Lipinski definition) is 0. The largest absolute Gasteiger partial charge is 0.294 e. The van der Waals surface area contributed by atoms with Gasteiger partial charge in [-0.1, -0.05) is 12.1 Å². The molecule has 0 saturated carbocycles. The average Bonchev–Trinajstić information content (AvgIpc) is 2.40. The molecule has 2 rings (SSSR count). The fraction of sp³-hybridized carbons (Fsp3) is 0.0769. The van der Waals surface area contributed by atoms with Crippen LogP contribution in [0.2, 0.25) is 0 Å². The molecule has 0 bridgehead atoms. The van der Waals surface area contributed by atoms with Gasteiger partial charge in [-0.2, -0.15) is 0 Å². The third-order valence-electron chi connectivity index (χ3n) is 2.49. The number of Topliss-reactive ketones (excluding diaryl/α,β-unsaturated/α-hetero) is 1. The van der Waals surface area contributed by atoms with Crippen LogP contribution in [0.5, 0.6) is 0 Å². The minimum absolute atomic E-state index is 0.0735. The summed E-state index contributed by atoms with van der Waals surface area (Å²) in [6.07, 6.45) is 3.43. The minimum Gasteiger partial charge on any atom is -0.294 e. The molecule has 5 heteroatoms. The molecule has 0 aliphatic heterocycles. The first kappa shape index (κ1) is 11.9. The molecule has 0 aliphatic carbocycles. The normalized spacial score (nSPS) is 10.0. The first-order valence-corrected chi connectivity index (χ1v) is 5.33. The zero-order valence-electron chi connectivity index (χ0n) is 9.45. The van der Waals surface area contributed by atoms with Gasteiger partial charge in [0.05, 0.1) is 4.92 Å². The SMILES string of the molecule is O=C(Cc1ccncc1)c1cccc([N+](=O)[O-])c1. The lowest BCUT2D eigenvalue weighted by atomic mass is 10.0. The van der Waals surface area contributed by atoms with Crippen LogP contribution in [0.4, 0.5) is 5.69 Å². The maximum Gasteiger partial charge on any atom is 0.270 e. The van der Waals surface area contributed by atoms with Crippen molar-refractivity contribution in [2.45, 2.75) is 6.42 Å². The molecule has 0 radical (unpaired) electrons. The molecule has 0 fully saturated rings. The standard InChI is InChI=1S/C13H10N2O3/c16-13(8-10-4-6-14-7-5-10)11-2-1-3-12(9-11)15(17)18/h1-7,9H,8H2. The molecule has 0 saturated heterocycles. The Hall–Kier alpha value is -2.56. The Balaban J connectivity index is 2.19. The van der Waals surface area contributed by atoms with Gasteiger partial charge in [-0.3, -0.25) is 19.9 Å². The molecule has 0 spiro atoms. The van der Waals surface area contributed by atoms with E-state index in [9.17, 15) is 14.9 Å². The van der Waals surface area contributed by atoms with Gasteiger partial charge in [0.1, 0.15) is 0 Å². The number of carbonyl (C=O) groups is 1. The van der Waals surface area contributed by atoms with Gasteiger partial charge >= 0.3 is 0 Å². The number of rotatable bonds is 4. The Morgan fingerprint density at radius 3 is 2.61 bits per heavy atom. The van der Waals surface area contributed by atoms with Crippen molar-refractivity contribution in [3.05, 3.63) is 70.0 Å². The van der Waals surface area contributed by atoms with E-state index in [-0.39, 0.29) is 17.9 Å². The van der Waals surface area contributed by atoms with Crippen LogP contribution < -0.4 is 0 Å². The summed E-state index contributed by atoms with van der Waals surface area (Å²) in [5.41, 5.74) is 1.11. The molecule has 90 valence electrons. The van der Waals surface area contributed by atoms with Gasteiger partial charge in [0.15, 0.2) is 5.78 Å². The van der Waals surface area contributed by atoms with Crippen LogP contribution in [0, 0.1) is 10.1 Å². The first-order chi connectivity index (χ1) is 8.66. The highest BCUT2D eigenvalue weighted by molar-refractivity contribution is 5.98. The second kappa shape index (κ2) is 5.18. The zero-order chi connectivity index (χ0) is 13.0. The van der Waals surface area contributed by atoms with Crippen LogP contribution in [-0.2, 0) is 6.42 Å². The van der Waals surface area contributed by atoms with Crippen molar-refractivity contribution in [3.8, 4) is 0 Å². The van der Waals surface area contributed by atoms with Gasteiger partial charge in [0.25, 0.3) is 5.69 Å². The summed E-state index contributed by atoms with van der Waals surface area (Å²) in [5.74, 6) is -0.148. The third kappa shape index (κ3) is 2.76. The molecular weight excluding hydrogens is 232 g/mol. The van der Waals surface area contributed by atoms with E-state index >= 15 is 0 Å². The Labute approximate surface area is 103 Å². The third-order valence-corrected chi connectivity index (χ3v) is 2.49.